The first-order chi connectivity index (χ1) is 8.41. The van der Waals surface area contributed by atoms with Gasteiger partial charge in [0.1, 0.15) is 0 Å². The Hall–Kier alpha value is -1.10. The molecular weight excluding hydrogens is 232 g/mol. The number of likely N-dealkylation sites (tertiary alicyclic amines) is 1. The van der Waals surface area contributed by atoms with E-state index in [9.17, 15) is 9.59 Å². The number of piperidine rings is 1. The third-order valence-corrected chi connectivity index (χ3v) is 3.96. The lowest BCUT2D eigenvalue weighted by Crippen LogP contribution is -2.40. The topological polar surface area (TPSA) is 69.6 Å². The van der Waals surface area contributed by atoms with Crippen molar-refractivity contribution in [2.45, 2.75) is 26.7 Å². The van der Waals surface area contributed by atoms with Crippen LogP contribution in [0.1, 0.15) is 26.7 Å². The first kappa shape index (κ1) is 15.0. The fraction of sp³-hybridized carbons (Fsp3) is 0.846. The zero-order valence-electron chi connectivity index (χ0n) is 11.5. The number of hydrogen-bond acceptors (Lipinski definition) is 3. The molecule has 0 aromatic rings. The maximum atomic E-state index is 11.8. The van der Waals surface area contributed by atoms with Gasteiger partial charge >= 0.3 is 5.97 Å². The summed E-state index contributed by atoms with van der Waals surface area (Å²) in [6, 6.07) is 0. The number of carbonyl (C=O) groups is 2. The summed E-state index contributed by atoms with van der Waals surface area (Å²) in [6.07, 6.45) is 2.19. The van der Waals surface area contributed by atoms with Gasteiger partial charge in [-0.15, -0.1) is 0 Å². The number of hydrogen-bond donors (Lipinski definition) is 2. The molecule has 1 saturated heterocycles. The summed E-state index contributed by atoms with van der Waals surface area (Å²) in [5.41, 5.74) is 0. The predicted molar refractivity (Wildman–Crippen MR) is 69.2 cm³/mol. The molecule has 1 heterocycles. The molecule has 2 atom stereocenters. The van der Waals surface area contributed by atoms with E-state index in [1.54, 1.807) is 13.8 Å². The highest BCUT2D eigenvalue weighted by molar-refractivity contribution is 5.84. The number of aliphatic carboxylic acids is 1. The second-order valence-electron chi connectivity index (χ2n) is 5.41. The number of nitrogens with zero attached hydrogens (tertiary/aromatic N) is 1. The summed E-state index contributed by atoms with van der Waals surface area (Å²) >= 11 is 0. The molecule has 0 saturated carbocycles. The van der Waals surface area contributed by atoms with Gasteiger partial charge in [-0.3, -0.25) is 9.59 Å². The summed E-state index contributed by atoms with van der Waals surface area (Å²) in [4.78, 5) is 24.9. The van der Waals surface area contributed by atoms with E-state index < -0.39 is 17.8 Å². The number of carboxylic acids is 1. The number of carboxylic acid groups (broad SMARTS) is 1. The van der Waals surface area contributed by atoms with Gasteiger partial charge in [0, 0.05) is 12.5 Å². The van der Waals surface area contributed by atoms with E-state index >= 15 is 0 Å². The van der Waals surface area contributed by atoms with Crippen LogP contribution in [-0.2, 0) is 9.59 Å². The average molecular weight is 256 g/mol. The highest BCUT2D eigenvalue weighted by Crippen LogP contribution is 2.16. The Bertz CT molecular complexity index is 299. The van der Waals surface area contributed by atoms with Crippen molar-refractivity contribution in [2.24, 2.45) is 17.8 Å². The fourth-order valence-corrected chi connectivity index (χ4v) is 2.11. The molecule has 0 bridgehead atoms. The van der Waals surface area contributed by atoms with Crippen LogP contribution in [0.2, 0.25) is 0 Å². The van der Waals surface area contributed by atoms with Crippen molar-refractivity contribution in [3.63, 3.8) is 0 Å². The van der Waals surface area contributed by atoms with E-state index in [4.69, 9.17) is 5.11 Å². The van der Waals surface area contributed by atoms with Gasteiger partial charge in [-0.25, -0.2) is 0 Å². The van der Waals surface area contributed by atoms with E-state index in [2.05, 4.69) is 17.3 Å². The van der Waals surface area contributed by atoms with Crippen LogP contribution in [-0.4, -0.2) is 48.6 Å². The van der Waals surface area contributed by atoms with Gasteiger partial charge < -0.3 is 15.3 Å². The van der Waals surface area contributed by atoms with Gasteiger partial charge in [0.2, 0.25) is 5.91 Å². The fourth-order valence-electron chi connectivity index (χ4n) is 2.11. The van der Waals surface area contributed by atoms with E-state index in [1.807, 2.05) is 0 Å². The van der Waals surface area contributed by atoms with Crippen LogP contribution in [0, 0.1) is 17.8 Å². The molecular formula is C13H24N2O3. The molecule has 1 aliphatic rings. The molecule has 0 aliphatic carbocycles. The third-order valence-electron chi connectivity index (χ3n) is 3.96. The Morgan fingerprint density at radius 1 is 1.28 bits per heavy atom. The maximum Gasteiger partial charge on any atom is 0.307 e. The summed E-state index contributed by atoms with van der Waals surface area (Å²) in [5.74, 6) is -1.66. The molecule has 1 amide bonds. The van der Waals surface area contributed by atoms with E-state index in [0.29, 0.717) is 12.5 Å². The molecule has 0 radical (unpaired) electrons. The SMILES string of the molecule is CC(C(=O)O)C(C)C(=O)NCC1CCN(C)CC1. The van der Waals surface area contributed by atoms with Crippen LogP contribution in [0.4, 0.5) is 0 Å². The molecule has 2 N–H and O–H groups in total. The predicted octanol–water partition coefficient (Wildman–Crippen LogP) is 0.801. The van der Waals surface area contributed by atoms with Crippen LogP contribution in [0.3, 0.4) is 0 Å². The van der Waals surface area contributed by atoms with Crippen molar-refractivity contribution in [1.82, 2.24) is 10.2 Å². The average Bonchev–Trinajstić information content (AvgIpc) is 2.35. The number of carbonyl (C=O) groups excluding carboxylic acids is 1. The molecule has 18 heavy (non-hydrogen) atoms. The van der Waals surface area contributed by atoms with Crippen LogP contribution < -0.4 is 5.32 Å². The highest BCUT2D eigenvalue weighted by Gasteiger charge is 2.26. The molecule has 0 spiro atoms. The van der Waals surface area contributed by atoms with Crippen molar-refractivity contribution in [1.29, 1.82) is 0 Å². The maximum absolute atomic E-state index is 11.8. The molecule has 0 aromatic heterocycles. The van der Waals surface area contributed by atoms with Gasteiger partial charge in [-0.05, 0) is 38.9 Å². The number of rotatable bonds is 5. The normalized spacial score (nSPS) is 21.3. The minimum atomic E-state index is -0.919. The lowest BCUT2D eigenvalue weighted by atomic mass is 9.94. The van der Waals surface area contributed by atoms with Crippen molar-refractivity contribution in [3.05, 3.63) is 0 Å². The van der Waals surface area contributed by atoms with Crippen molar-refractivity contribution < 1.29 is 14.7 Å². The molecule has 0 aromatic carbocycles. The molecule has 1 aliphatic heterocycles. The Balaban J connectivity index is 2.30. The van der Waals surface area contributed by atoms with Gasteiger partial charge in [0.25, 0.3) is 0 Å². The summed E-state index contributed by atoms with van der Waals surface area (Å²) < 4.78 is 0. The molecule has 5 heteroatoms. The van der Waals surface area contributed by atoms with Crippen molar-refractivity contribution in [2.75, 3.05) is 26.7 Å². The minimum Gasteiger partial charge on any atom is -0.481 e. The Morgan fingerprint density at radius 3 is 2.33 bits per heavy atom. The monoisotopic (exact) mass is 256 g/mol. The first-order valence-electron chi connectivity index (χ1n) is 6.61. The van der Waals surface area contributed by atoms with Gasteiger partial charge in [0.05, 0.1) is 5.92 Å². The van der Waals surface area contributed by atoms with E-state index in [0.717, 1.165) is 25.9 Å². The molecule has 104 valence electrons. The van der Waals surface area contributed by atoms with Crippen LogP contribution in [0.25, 0.3) is 0 Å². The molecule has 1 fully saturated rings. The first-order valence-corrected chi connectivity index (χ1v) is 6.61. The quantitative estimate of drug-likeness (QED) is 0.763. The van der Waals surface area contributed by atoms with Crippen LogP contribution >= 0.6 is 0 Å². The summed E-state index contributed by atoms with van der Waals surface area (Å²) in [7, 11) is 2.10. The number of nitrogens with one attached hydrogen (secondary N) is 1. The van der Waals surface area contributed by atoms with Gasteiger partial charge in [-0.2, -0.15) is 0 Å². The van der Waals surface area contributed by atoms with E-state index in [1.165, 1.54) is 0 Å². The highest BCUT2D eigenvalue weighted by atomic mass is 16.4. The molecule has 5 nitrogen and oxygen atoms in total. The largest absolute Gasteiger partial charge is 0.481 e. The Kier molecular flexibility index (Phi) is 5.59. The van der Waals surface area contributed by atoms with Crippen molar-refractivity contribution >= 4 is 11.9 Å². The lowest BCUT2D eigenvalue weighted by Gasteiger charge is -2.29. The third kappa shape index (κ3) is 4.29. The van der Waals surface area contributed by atoms with Gasteiger partial charge in [0.15, 0.2) is 0 Å². The second-order valence-corrected chi connectivity index (χ2v) is 5.41. The van der Waals surface area contributed by atoms with Gasteiger partial charge in [-0.1, -0.05) is 13.8 Å². The van der Waals surface area contributed by atoms with Crippen LogP contribution in [0.5, 0.6) is 0 Å². The zero-order valence-corrected chi connectivity index (χ0v) is 11.5. The molecule has 1 rings (SSSR count). The molecule has 2 unspecified atom stereocenters. The van der Waals surface area contributed by atoms with Crippen LogP contribution in [0.15, 0.2) is 0 Å². The lowest BCUT2D eigenvalue weighted by molar-refractivity contribution is -0.146. The second kappa shape index (κ2) is 6.73. The number of amides is 1. The summed E-state index contributed by atoms with van der Waals surface area (Å²) in [6.45, 7) is 6.05. The smallest absolute Gasteiger partial charge is 0.307 e. The minimum absolute atomic E-state index is 0.149. The standard InChI is InChI=1S/C13H24N2O3/c1-9(10(2)13(17)18)12(16)14-8-11-4-6-15(3)7-5-11/h9-11H,4-8H2,1-3H3,(H,14,16)(H,17,18). The van der Waals surface area contributed by atoms with Crippen molar-refractivity contribution in [3.8, 4) is 0 Å². The summed E-state index contributed by atoms with van der Waals surface area (Å²) in [5, 5.41) is 11.7. The Labute approximate surface area is 109 Å². The van der Waals surface area contributed by atoms with E-state index in [-0.39, 0.29) is 5.91 Å². The zero-order chi connectivity index (χ0) is 13.7. The Morgan fingerprint density at radius 2 is 1.83 bits per heavy atom.